The van der Waals surface area contributed by atoms with Gasteiger partial charge < -0.3 is 11.1 Å². The van der Waals surface area contributed by atoms with E-state index in [9.17, 15) is 4.79 Å². The minimum atomic E-state index is -0.217. The molecule has 0 saturated carbocycles. The Kier molecular flexibility index (Phi) is 2.66. The molecule has 3 N–H and O–H groups in total. The third-order valence-electron chi connectivity index (χ3n) is 1.98. The lowest BCUT2D eigenvalue weighted by Crippen LogP contribution is -2.21. The predicted octanol–water partition coefficient (Wildman–Crippen LogP) is 1.50. The molecule has 0 aliphatic carbocycles. The van der Waals surface area contributed by atoms with Gasteiger partial charge in [0.2, 0.25) is 5.91 Å². The van der Waals surface area contributed by atoms with Crippen molar-refractivity contribution in [3.8, 4) is 0 Å². The Labute approximate surface area is 91.1 Å². The second kappa shape index (κ2) is 3.96. The molecule has 0 atom stereocenters. The van der Waals surface area contributed by atoms with Gasteiger partial charge in [-0.05, 0) is 24.6 Å². The summed E-state index contributed by atoms with van der Waals surface area (Å²) in [7, 11) is 0. The van der Waals surface area contributed by atoms with Crippen molar-refractivity contribution in [3.63, 3.8) is 0 Å². The summed E-state index contributed by atoms with van der Waals surface area (Å²) < 4.78 is 1.07. The Morgan fingerprint density at radius 2 is 2.40 bits per heavy atom. The van der Waals surface area contributed by atoms with Gasteiger partial charge in [0, 0.05) is 0 Å². The summed E-state index contributed by atoms with van der Waals surface area (Å²) in [5, 5.41) is 3.25. The molecule has 1 amide bonds. The van der Waals surface area contributed by atoms with E-state index in [1.165, 1.54) is 16.9 Å². The molecule has 2 rings (SSSR count). The lowest BCUT2D eigenvalue weighted by Gasteiger charge is -1.95. The third kappa shape index (κ3) is 2.14. The van der Waals surface area contributed by atoms with E-state index >= 15 is 0 Å². The number of thiazole rings is 1. The van der Waals surface area contributed by atoms with Crippen molar-refractivity contribution < 1.29 is 4.79 Å². The molecular weight excluding hydrogens is 210 g/mol. The Bertz CT molecular complexity index is 506. The number of nitrogens with one attached hydrogen (secondary N) is 1. The smallest absolute Gasteiger partial charge is 0.239 e. The molecule has 0 aliphatic rings. The number of hydrogen-bond acceptors (Lipinski definition) is 4. The van der Waals surface area contributed by atoms with E-state index in [-0.39, 0.29) is 12.5 Å². The van der Waals surface area contributed by atoms with Crippen molar-refractivity contribution in [2.45, 2.75) is 6.92 Å². The molecule has 5 heteroatoms. The van der Waals surface area contributed by atoms with E-state index in [1.807, 2.05) is 25.1 Å². The van der Waals surface area contributed by atoms with Crippen LogP contribution in [-0.2, 0) is 4.79 Å². The van der Waals surface area contributed by atoms with Crippen LogP contribution in [0.5, 0.6) is 0 Å². The second-order valence-corrected chi connectivity index (χ2v) is 4.27. The van der Waals surface area contributed by atoms with Crippen LogP contribution in [0.4, 0.5) is 5.13 Å². The zero-order valence-corrected chi connectivity index (χ0v) is 9.10. The minimum Gasteiger partial charge on any atom is -0.322 e. The Hall–Kier alpha value is -1.46. The van der Waals surface area contributed by atoms with Gasteiger partial charge in [0.25, 0.3) is 0 Å². The maximum absolute atomic E-state index is 11.1. The summed E-state index contributed by atoms with van der Waals surface area (Å²) in [6, 6.07) is 5.99. The number of carbonyl (C=O) groups is 1. The second-order valence-electron chi connectivity index (χ2n) is 3.24. The zero-order chi connectivity index (χ0) is 10.8. The number of rotatable bonds is 2. The van der Waals surface area contributed by atoms with Crippen LogP contribution in [0.15, 0.2) is 18.2 Å². The van der Waals surface area contributed by atoms with Gasteiger partial charge in [0.1, 0.15) is 0 Å². The number of hydrogen-bond donors (Lipinski definition) is 2. The van der Waals surface area contributed by atoms with Crippen molar-refractivity contribution in [1.82, 2.24) is 4.98 Å². The molecule has 15 heavy (non-hydrogen) atoms. The number of amides is 1. The number of aromatic nitrogens is 1. The van der Waals surface area contributed by atoms with Gasteiger partial charge in [-0.3, -0.25) is 4.79 Å². The van der Waals surface area contributed by atoms with E-state index in [0.717, 1.165) is 10.2 Å². The summed E-state index contributed by atoms with van der Waals surface area (Å²) in [5.74, 6) is -0.217. The van der Waals surface area contributed by atoms with Crippen LogP contribution in [-0.4, -0.2) is 17.4 Å². The maximum Gasteiger partial charge on any atom is 0.239 e. The molecule has 0 bridgehead atoms. The molecule has 78 valence electrons. The molecule has 1 heterocycles. The van der Waals surface area contributed by atoms with Crippen LogP contribution in [0.3, 0.4) is 0 Å². The van der Waals surface area contributed by atoms with Crippen LogP contribution in [0, 0.1) is 6.92 Å². The number of carbonyl (C=O) groups excluding carboxylic acids is 1. The fraction of sp³-hybridized carbons (Fsp3) is 0.200. The van der Waals surface area contributed by atoms with E-state index in [1.54, 1.807) is 0 Å². The first-order chi connectivity index (χ1) is 7.19. The molecule has 0 unspecified atom stereocenters. The largest absolute Gasteiger partial charge is 0.322 e. The van der Waals surface area contributed by atoms with Crippen molar-refractivity contribution >= 4 is 32.6 Å². The summed E-state index contributed by atoms with van der Waals surface area (Å²) in [6.07, 6.45) is 0. The van der Waals surface area contributed by atoms with E-state index in [2.05, 4.69) is 10.3 Å². The fourth-order valence-corrected chi connectivity index (χ4v) is 2.24. The maximum atomic E-state index is 11.1. The number of benzene rings is 1. The van der Waals surface area contributed by atoms with Gasteiger partial charge in [-0.2, -0.15) is 0 Å². The summed E-state index contributed by atoms with van der Waals surface area (Å²) >= 11 is 1.46. The number of anilines is 1. The lowest BCUT2D eigenvalue weighted by molar-refractivity contribution is -0.114. The summed E-state index contributed by atoms with van der Waals surface area (Å²) in [6.45, 7) is 2.01. The predicted molar refractivity (Wildman–Crippen MR) is 62.0 cm³/mol. The van der Waals surface area contributed by atoms with Crippen molar-refractivity contribution in [2.24, 2.45) is 5.73 Å². The number of nitrogens with two attached hydrogens (primary N) is 1. The highest BCUT2D eigenvalue weighted by Crippen LogP contribution is 2.26. The normalized spacial score (nSPS) is 10.5. The summed E-state index contributed by atoms with van der Waals surface area (Å²) in [4.78, 5) is 15.3. The van der Waals surface area contributed by atoms with Crippen LogP contribution in [0.1, 0.15) is 5.56 Å². The van der Waals surface area contributed by atoms with Crippen molar-refractivity contribution in [3.05, 3.63) is 23.8 Å². The third-order valence-corrected chi connectivity index (χ3v) is 2.91. The first kappa shape index (κ1) is 10.1. The molecule has 0 saturated heterocycles. The van der Waals surface area contributed by atoms with Gasteiger partial charge in [-0.25, -0.2) is 4.98 Å². The summed E-state index contributed by atoms with van der Waals surface area (Å²) in [5.41, 5.74) is 7.29. The van der Waals surface area contributed by atoms with Gasteiger partial charge in [0.05, 0.1) is 16.8 Å². The topological polar surface area (TPSA) is 68.0 Å². The lowest BCUT2D eigenvalue weighted by atomic mass is 10.2. The average molecular weight is 221 g/mol. The van der Waals surface area contributed by atoms with Gasteiger partial charge in [0.15, 0.2) is 5.13 Å². The fourth-order valence-electron chi connectivity index (χ4n) is 1.26. The molecule has 0 fully saturated rings. The highest BCUT2D eigenvalue weighted by molar-refractivity contribution is 7.22. The highest BCUT2D eigenvalue weighted by Gasteiger charge is 2.05. The van der Waals surface area contributed by atoms with Crippen LogP contribution >= 0.6 is 11.3 Å². The average Bonchev–Trinajstić information content (AvgIpc) is 2.59. The molecular formula is C10H11N3OS. The van der Waals surface area contributed by atoms with Crippen LogP contribution in [0.2, 0.25) is 0 Å². The van der Waals surface area contributed by atoms with Gasteiger partial charge >= 0.3 is 0 Å². The van der Waals surface area contributed by atoms with E-state index < -0.39 is 0 Å². The Morgan fingerprint density at radius 1 is 1.60 bits per heavy atom. The first-order valence-corrected chi connectivity index (χ1v) is 5.38. The number of fused-ring (bicyclic) bond motifs is 1. The van der Waals surface area contributed by atoms with Crippen LogP contribution < -0.4 is 11.1 Å². The standard InChI is InChI=1S/C10H11N3OS/c1-6-2-3-7-8(4-6)15-10(12-7)13-9(14)5-11/h2-4H,5,11H2,1H3,(H,12,13,14). The monoisotopic (exact) mass is 221 g/mol. The number of aryl methyl sites for hydroxylation is 1. The molecule has 2 aromatic rings. The quantitative estimate of drug-likeness (QED) is 0.807. The first-order valence-electron chi connectivity index (χ1n) is 4.56. The van der Waals surface area contributed by atoms with E-state index in [0.29, 0.717) is 5.13 Å². The SMILES string of the molecule is Cc1ccc2nc(NC(=O)CN)sc2c1. The van der Waals surface area contributed by atoms with Gasteiger partial charge in [-0.1, -0.05) is 17.4 Å². The van der Waals surface area contributed by atoms with E-state index in [4.69, 9.17) is 5.73 Å². The molecule has 0 radical (unpaired) electrons. The Balaban J connectivity index is 2.34. The molecule has 1 aromatic carbocycles. The highest BCUT2D eigenvalue weighted by atomic mass is 32.1. The molecule has 4 nitrogen and oxygen atoms in total. The Morgan fingerprint density at radius 3 is 3.13 bits per heavy atom. The zero-order valence-electron chi connectivity index (χ0n) is 8.28. The molecule has 1 aromatic heterocycles. The van der Waals surface area contributed by atoms with Crippen molar-refractivity contribution in [2.75, 3.05) is 11.9 Å². The number of nitrogens with zero attached hydrogens (tertiary/aromatic N) is 1. The van der Waals surface area contributed by atoms with Crippen molar-refractivity contribution in [1.29, 1.82) is 0 Å². The molecule has 0 spiro atoms. The van der Waals surface area contributed by atoms with Crippen LogP contribution in [0.25, 0.3) is 10.2 Å². The van der Waals surface area contributed by atoms with Gasteiger partial charge in [-0.15, -0.1) is 0 Å². The molecule has 0 aliphatic heterocycles. The minimum absolute atomic E-state index is 0.0189.